The van der Waals surface area contributed by atoms with Crippen LogP contribution in [0, 0.1) is 11.3 Å². The Bertz CT molecular complexity index is 342. The standard InChI is InChI=1S/C16H24FN/c17-15(14-5-4-12-18-14)13-6-10-16(11-7-13)8-2-1-3-9-16/h5,12-13,15H,1-4,6-11H2. The van der Waals surface area contributed by atoms with E-state index in [0.717, 1.165) is 19.3 Å². The molecule has 1 spiro atoms. The minimum Gasteiger partial charge on any atom is -0.263 e. The lowest BCUT2D eigenvalue weighted by Crippen LogP contribution is -2.33. The summed E-state index contributed by atoms with van der Waals surface area (Å²) < 4.78 is 14.4. The molecule has 0 amide bonds. The maximum absolute atomic E-state index is 14.4. The van der Waals surface area contributed by atoms with E-state index in [4.69, 9.17) is 0 Å². The molecule has 2 saturated carbocycles. The van der Waals surface area contributed by atoms with Crippen molar-refractivity contribution in [1.29, 1.82) is 0 Å². The molecule has 0 aromatic rings. The summed E-state index contributed by atoms with van der Waals surface area (Å²) in [7, 11) is 0. The summed E-state index contributed by atoms with van der Waals surface area (Å²) in [5.41, 5.74) is 1.31. The van der Waals surface area contributed by atoms with E-state index in [2.05, 4.69) is 4.99 Å². The van der Waals surface area contributed by atoms with E-state index in [-0.39, 0.29) is 5.92 Å². The van der Waals surface area contributed by atoms with Crippen LogP contribution in [0.1, 0.15) is 64.2 Å². The second-order valence-corrected chi connectivity index (χ2v) is 6.48. The van der Waals surface area contributed by atoms with Gasteiger partial charge in [0.25, 0.3) is 0 Å². The van der Waals surface area contributed by atoms with Crippen LogP contribution in [-0.2, 0) is 0 Å². The average molecular weight is 249 g/mol. The third kappa shape index (κ3) is 2.39. The molecule has 0 radical (unpaired) electrons. The monoisotopic (exact) mass is 249 g/mol. The molecule has 1 nitrogen and oxygen atoms in total. The van der Waals surface area contributed by atoms with Crippen LogP contribution in [0.2, 0.25) is 0 Å². The van der Waals surface area contributed by atoms with E-state index in [1.165, 1.54) is 44.9 Å². The molecule has 1 atom stereocenters. The summed E-state index contributed by atoms with van der Waals surface area (Å²) in [6.45, 7) is 0. The molecule has 2 heteroatoms. The van der Waals surface area contributed by atoms with Crippen LogP contribution in [0.5, 0.6) is 0 Å². The van der Waals surface area contributed by atoms with Gasteiger partial charge in [-0.3, -0.25) is 4.99 Å². The van der Waals surface area contributed by atoms with Gasteiger partial charge in [0.2, 0.25) is 0 Å². The van der Waals surface area contributed by atoms with Crippen molar-refractivity contribution >= 4 is 6.21 Å². The Morgan fingerprint density at radius 2 is 1.83 bits per heavy atom. The smallest absolute Gasteiger partial charge is 0.144 e. The van der Waals surface area contributed by atoms with Gasteiger partial charge in [-0.1, -0.05) is 25.3 Å². The Morgan fingerprint density at radius 3 is 2.44 bits per heavy atom. The van der Waals surface area contributed by atoms with E-state index in [1.54, 1.807) is 0 Å². The van der Waals surface area contributed by atoms with Crippen molar-refractivity contribution in [3.63, 3.8) is 0 Å². The molecule has 100 valence electrons. The predicted octanol–water partition coefficient (Wildman–Crippen LogP) is 4.82. The quantitative estimate of drug-likeness (QED) is 0.665. The normalized spacial score (nSPS) is 29.5. The average Bonchev–Trinajstić information content (AvgIpc) is 2.94. The van der Waals surface area contributed by atoms with Crippen LogP contribution in [0.15, 0.2) is 16.8 Å². The van der Waals surface area contributed by atoms with Gasteiger partial charge in [0.15, 0.2) is 0 Å². The highest BCUT2D eigenvalue weighted by molar-refractivity contribution is 5.65. The van der Waals surface area contributed by atoms with Crippen molar-refractivity contribution in [2.45, 2.75) is 70.4 Å². The molecule has 1 heterocycles. The zero-order chi connectivity index (χ0) is 12.4. The zero-order valence-electron chi connectivity index (χ0n) is 11.2. The molecule has 2 fully saturated rings. The summed E-state index contributed by atoms with van der Waals surface area (Å²) in [6.07, 6.45) is 15.5. The van der Waals surface area contributed by atoms with Crippen molar-refractivity contribution < 1.29 is 4.39 Å². The SMILES string of the molecule is FC(C1=CCC=N1)C1CCC2(CCCCC2)CC1. The lowest BCUT2D eigenvalue weighted by Gasteiger charge is -2.43. The highest BCUT2D eigenvalue weighted by Gasteiger charge is 2.39. The van der Waals surface area contributed by atoms with Crippen LogP contribution in [0.3, 0.4) is 0 Å². The molecule has 0 bridgehead atoms. The summed E-state index contributed by atoms with van der Waals surface area (Å²) in [4.78, 5) is 4.18. The fourth-order valence-electron chi connectivity index (χ4n) is 4.16. The number of alkyl halides is 1. The highest BCUT2D eigenvalue weighted by atomic mass is 19.1. The molecule has 0 saturated heterocycles. The first-order chi connectivity index (χ1) is 8.79. The first-order valence-corrected chi connectivity index (χ1v) is 7.66. The highest BCUT2D eigenvalue weighted by Crippen LogP contribution is 2.50. The number of hydrogen-bond donors (Lipinski definition) is 0. The van der Waals surface area contributed by atoms with E-state index in [1.807, 2.05) is 12.3 Å². The van der Waals surface area contributed by atoms with Crippen LogP contribution < -0.4 is 0 Å². The van der Waals surface area contributed by atoms with Crippen molar-refractivity contribution in [2.75, 3.05) is 0 Å². The minimum absolute atomic E-state index is 0.235. The summed E-state index contributed by atoms with van der Waals surface area (Å²) in [6, 6.07) is 0. The molecular formula is C16H24FN. The van der Waals surface area contributed by atoms with Gasteiger partial charge in [-0.05, 0) is 49.9 Å². The third-order valence-corrected chi connectivity index (χ3v) is 5.37. The van der Waals surface area contributed by atoms with Crippen LogP contribution in [0.25, 0.3) is 0 Å². The molecule has 18 heavy (non-hydrogen) atoms. The number of hydrogen-bond acceptors (Lipinski definition) is 1. The predicted molar refractivity (Wildman–Crippen MR) is 73.6 cm³/mol. The van der Waals surface area contributed by atoms with Crippen LogP contribution in [-0.4, -0.2) is 12.4 Å². The molecule has 2 aliphatic carbocycles. The fourth-order valence-corrected chi connectivity index (χ4v) is 4.16. The van der Waals surface area contributed by atoms with E-state index in [9.17, 15) is 4.39 Å². The molecule has 0 aromatic carbocycles. The molecule has 1 unspecified atom stereocenters. The zero-order valence-corrected chi connectivity index (χ0v) is 11.2. The molecule has 0 aromatic heterocycles. The van der Waals surface area contributed by atoms with Crippen molar-refractivity contribution in [3.8, 4) is 0 Å². The number of rotatable bonds is 2. The number of halogens is 1. The van der Waals surface area contributed by atoms with E-state index >= 15 is 0 Å². The lowest BCUT2D eigenvalue weighted by atomic mass is 9.62. The second kappa shape index (κ2) is 5.14. The number of allylic oxidation sites excluding steroid dienone is 2. The third-order valence-electron chi connectivity index (χ3n) is 5.37. The molecule has 0 N–H and O–H groups in total. The summed E-state index contributed by atoms with van der Waals surface area (Å²) in [5, 5.41) is 0. The Balaban J connectivity index is 1.57. The largest absolute Gasteiger partial charge is 0.263 e. The summed E-state index contributed by atoms with van der Waals surface area (Å²) >= 11 is 0. The van der Waals surface area contributed by atoms with Crippen molar-refractivity contribution in [1.82, 2.24) is 0 Å². The van der Waals surface area contributed by atoms with Gasteiger partial charge in [-0.25, -0.2) is 4.39 Å². The molecule has 1 aliphatic heterocycles. The Morgan fingerprint density at radius 1 is 1.11 bits per heavy atom. The maximum atomic E-state index is 14.4. The van der Waals surface area contributed by atoms with E-state index < -0.39 is 6.17 Å². The van der Waals surface area contributed by atoms with Crippen LogP contribution in [0.4, 0.5) is 4.39 Å². The fraction of sp³-hybridized carbons (Fsp3) is 0.812. The van der Waals surface area contributed by atoms with Gasteiger partial charge >= 0.3 is 0 Å². The number of aliphatic imine (C=N–C) groups is 1. The molecular weight excluding hydrogens is 225 g/mol. The van der Waals surface area contributed by atoms with Gasteiger partial charge in [0.1, 0.15) is 6.17 Å². The maximum Gasteiger partial charge on any atom is 0.144 e. The van der Waals surface area contributed by atoms with Gasteiger partial charge in [0.05, 0.1) is 5.70 Å². The summed E-state index contributed by atoms with van der Waals surface area (Å²) in [5.74, 6) is 0.235. The van der Waals surface area contributed by atoms with Gasteiger partial charge in [-0.15, -0.1) is 0 Å². The van der Waals surface area contributed by atoms with Gasteiger partial charge < -0.3 is 0 Å². The van der Waals surface area contributed by atoms with Gasteiger partial charge in [-0.2, -0.15) is 0 Å². The first kappa shape index (κ1) is 12.4. The van der Waals surface area contributed by atoms with Crippen molar-refractivity contribution in [2.24, 2.45) is 16.3 Å². The minimum atomic E-state index is -0.801. The number of nitrogens with zero attached hydrogens (tertiary/aromatic N) is 1. The topological polar surface area (TPSA) is 12.4 Å². The first-order valence-electron chi connectivity index (χ1n) is 7.66. The molecule has 3 rings (SSSR count). The van der Waals surface area contributed by atoms with Crippen LogP contribution >= 0.6 is 0 Å². The Hall–Kier alpha value is -0.660. The van der Waals surface area contributed by atoms with Gasteiger partial charge in [0, 0.05) is 12.6 Å². The molecule has 3 aliphatic rings. The Kier molecular flexibility index (Phi) is 3.54. The second-order valence-electron chi connectivity index (χ2n) is 6.48. The van der Waals surface area contributed by atoms with E-state index in [0.29, 0.717) is 11.1 Å². The Labute approximate surface area is 110 Å². The lowest BCUT2D eigenvalue weighted by molar-refractivity contribution is 0.0734. The van der Waals surface area contributed by atoms with Crippen molar-refractivity contribution in [3.05, 3.63) is 11.8 Å².